The predicted octanol–water partition coefficient (Wildman–Crippen LogP) is 2.26. The monoisotopic (exact) mass is 310 g/mol. The molecule has 0 radical (unpaired) electrons. The standard InChI is InChI=1S/C13H21F3N2O3/c1-11(2,3)21-10(20)18-7-6-12(8-18,13(14,15)16)9(19)17(4)5/h6-8H2,1-5H3. The van der Waals surface area contributed by atoms with Crippen molar-refractivity contribution < 1.29 is 27.5 Å². The molecular weight excluding hydrogens is 289 g/mol. The number of likely N-dealkylation sites (tertiary alicyclic amines) is 1. The SMILES string of the molecule is CN(C)C(=O)C1(C(F)(F)F)CCN(C(=O)OC(C)(C)C)C1. The maximum atomic E-state index is 13.4. The highest BCUT2D eigenvalue weighted by molar-refractivity contribution is 5.85. The van der Waals surface area contributed by atoms with Crippen LogP contribution in [0.4, 0.5) is 18.0 Å². The Morgan fingerprint density at radius 2 is 1.71 bits per heavy atom. The molecule has 0 aliphatic carbocycles. The van der Waals surface area contributed by atoms with Crippen LogP contribution in [0.25, 0.3) is 0 Å². The van der Waals surface area contributed by atoms with Gasteiger partial charge in [-0.25, -0.2) is 4.79 Å². The van der Waals surface area contributed by atoms with Gasteiger partial charge in [0.2, 0.25) is 5.91 Å². The molecule has 0 saturated carbocycles. The van der Waals surface area contributed by atoms with Gasteiger partial charge in [0.1, 0.15) is 5.60 Å². The largest absolute Gasteiger partial charge is 0.444 e. The summed E-state index contributed by atoms with van der Waals surface area (Å²) in [5.74, 6) is -1.04. The summed E-state index contributed by atoms with van der Waals surface area (Å²) in [5, 5.41) is 0. The first-order valence-corrected chi connectivity index (χ1v) is 6.56. The summed E-state index contributed by atoms with van der Waals surface area (Å²) in [6.07, 6.45) is -6.00. The quantitative estimate of drug-likeness (QED) is 0.746. The molecule has 1 atom stereocenters. The van der Waals surface area contributed by atoms with Crippen LogP contribution in [-0.2, 0) is 9.53 Å². The van der Waals surface area contributed by atoms with Gasteiger partial charge < -0.3 is 14.5 Å². The zero-order valence-electron chi connectivity index (χ0n) is 12.9. The lowest BCUT2D eigenvalue weighted by atomic mass is 9.84. The van der Waals surface area contributed by atoms with Crippen LogP contribution in [0, 0.1) is 5.41 Å². The van der Waals surface area contributed by atoms with Crippen LogP contribution in [-0.4, -0.2) is 60.8 Å². The number of hydrogen-bond donors (Lipinski definition) is 0. The van der Waals surface area contributed by atoms with Crippen molar-refractivity contribution in [3.05, 3.63) is 0 Å². The van der Waals surface area contributed by atoms with E-state index in [1.807, 2.05) is 0 Å². The molecule has 1 fully saturated rings. The van der Waals surface area contributed by atoms with Crippen molar-refractivity contribution in [3.63, 3.8) is 0 Å². The molecule has 0 spiro atoms. The summed E-state index contributed by atoms with van der Waals surface area (Å²) in [6, 6.07) is 0. The second-order valence-electron chi connectivity index (χ2n) is 6.43. The summed E-state index contributed by atoms with van der Waals surface area (Å²) in [4.78, 5) is 25.7. The van der Waals surface area contributed by atoms with Gasteiger partial charge in [0, 0.05) is 27.2 Å². The number of ether oxygens (including phenoxy) is 1. The molecule has 2 amide bonds. The van der Waals surface area contributed by atoms with Crippen LogP contribution in [0.2, 0.25) is 0 Å². The first kappa shape index (κ1) is 17.6. The van der Waals surface area contributed by atoms with Crippen LogP contribution in [0.1, 0.15) is 27.2 Å². The second-order valence-corrected chi connectivity index (χ2v) is 6.43. The number of rotatable bonds is 1. The maximum absolute atomic E-state index is 13.4. The highest BCUT2D eigenvalue weighted by atomic mass is 19.4. The summed E-state index contributed by atoms with van der Waals surface area (Å²) in [6.45, 7) is 4.02. The number of amides is 2. The van der Waals surface area contributed by atoms with Gasteiger partial charge in [-0.3, -0.25) is 4.79 Å². The third-order valence-electron chi connectivity index (χ3n) is 3.28. The Labute approximate surface area is 122 Å². The zero-order chi connectivity index (χ0) is 16.6. The van der Waals surface area contributed by atoms with E-state index in [1.165, 1.54) is 14.1 Å². The lowest BCUT2D eigenvalue weighted by Gasteiger charge is -2.32. The van der Waals surface area contributed by atoms with Gasteiger partial charge in [0.05, 0.1) is 0 Å². The molecule has 0 aromatic carbocycles. The molecule has 0 aromatic rings. The second kappa shape index (κ2) is 5.38. The van der Waals surface area contributed by atoms with E-state index in [0.29, 0.717) is 0 Å². The Morgan fingerprint density at radius 3 is 2.10 bits per heavy atom. The molecule has 1 aliphatic rings. The Morgan fingerprint density at radius 1 is 1.19 bits per heavy atom. The van der Waals surface area contributed by atoms with Crippen LogP contribution in [0.3, 0.4) is 0 Å². The van der Waals surface area contributed by atoms with E-state index in [-0.39, 0.29) is 6.54 Å². The van der Waals surface area contributed by atoms with Crippen molar-refractivity contribution in [2.45, 2.75) is 39.0 Å². The van der Waals surface area contributed by atoms with Crippen molar-refractivity contribution in [1.29, 1.82) is 0 Å². The van der Waals surface area contributed by atoms with Crippen molar-refractivity contribution in [3.8, 4) is 0 Å². The Bertz CT molecular complexity index is 429. The lowest BCUT2D eigenvalue weighted by molar-refractivity contribution is -0.222. The summed E-state index contributed by atoms with van der Waals surface area (Å²) in [7, 11) is 2.54. The number of hydrogen-bond acceptors (Lipinski definition) is 3. The Balaban J connectivity index is 2.98. The van der Waals surface area contributed by atoms with Crippen LogP contribution >= 0.6 is 0 Å². The first-order valence-electron chi connectivity index (χ1n) is 6.56. The Kier molecular flexibility index (Phi) is 4.51. The average molecular weight is 310 g/mol. The molecule has 1 saturated heterocycles. The molecule has 0 N–H and O–H groups in total. The molecule has 8 heteroatoms. The molecule has 5 nitrogen and oxygen atoms in total. The summed E-state index contributed by atoms with van der Waals surface area (Å²) in [5.41, 5.74) is -3.35. The number of nitrogens with zero attached hydrogens (tertiary/aromatic N) is 2. The van der Waals surface area contributed by atoms with E-state index in [9.17, 15) is 22.8 Å². The van der Waals surface area contributed by atoms with E-state index >= 15 is 0 Å². The number of halogens is 3. The number of carbonyl (C=O) groups excluding carboxylic acids is 2. The van der Waals surface area contributed by atoms with Crippen molar-refractivity contribution in [1.82, 2.24) is 9.80 Å². The van der Waals surface area contributed by atoms with Crippen molar-refractivity contribution in [2.75, 3.05) is 27.2 Å². The molecule has 21 heavy (non-hydrogen) atoms. The van der Waals surface area contributed by atoms with Crippen LogP contribution in [0.15, 0.2) is 0 Å². The van der Waals surface area contributed by atoms with Crippen LogP contribution in [0.5, 0.6) is 0 Å². The zero-order valence-corrected chi connectivity index (χ0v) is 12.9. The fraction of sp³-hybridized carbons (Fsp3) is 0.846. The van der Waals surface area contributed by atoms with Gasteiger partial charge in [-0.15, -0.1) is 0 Å². The molecule has 1 rings (SSSR count). The topological polar surface area (TPSA) is 49.9 Å². The van der Waals surface area contributed by atoms with Crippen LogP contribution < -0.4 is 0 Å². The predicted molar refractivity (Wildman–Crippen MR) is 69.6 cm³/mol. The van der Waals surface area contributed by atoms with E-state index in [4.69, 9.17) is 4.74 Å². The third kappa shape index (κ3) is 3.59. The van der Waals surface area contributed by atoms with Crippen molar-refractivity contribution >= 4 is 12.0 Å². The van der Waals surface area contributed by atoms with Gasteiger partial charge in [-0.2, -0.15) is 13.2 Å². The van der Waals surface area contributed by atoms with Gasteiger partial charge >= 0.3 is 12.3 Å². The average Bonchev–Trinajstić information content (AvgIpc) is 2.70. The van der Waals surface area contributed by atoms with Gasteiger partial charge in [0.15, 0.2) is 5.41 Å². The Hall–Kier alpha value is -1.47. The van der Waals surface area contributed by atoms with Gasteiger partial charge in [0.25, 0.3) is 0 Å². The van der Waals surface area contributed by atoms with E-state index in [2.05, 4.69) is 0 Å². The van der Waals surface area contributed by atoms with Gasteiger partial charge in [-0.05, 0) is 27.2 Å². The minimum Gasteiger partial charge on any atom is -0.444 e. The molecule has 0 bridgehead atoms. The molecule has 1 aliphatic heterocycles. The molecule has 122 valence electrons. The van der Waals surface area contributed by atoms with Gasteiger partial charge in [-0.1, -0.05) is 0 Å². The summed E-state index contributed by atoms with van der Waals surface area (Å²) >= 11 is 0. The number of alkyl halides is 3. The smallest absolute Gasteiger partial charge is 0.410 e. The maximum Gasteiger partial charge on any atom is 0.410 e. The first-order chi connectivity index (χ1) is 9.30. The van der Waals surface area contributed by atoms with E-state index in [1.54, 1.807) is 20.8 Å². The summed E-state index contributed by atoms with van der Waals surface area (Å²) < 4.78 is 45.2. The molecule has 1 heterocycles. The fourth-order valence-electron chi connectivity index (χ4n) is 2.25. The number of carbonyl (C=O) groups is 2. The lowest BCUT2D eigenvalue weighted by Crippen LogP contribution is -2.52. The third-order valence-corrected chi connectivity index (χ3v) is 3.28. The van der Waals surface area contributed by atoms with Crippen molar-refractivity contribution in [2.24, 2.45) is 5.41 Å². The molecule has 0 aromatic heterocycles. The molecular formula is C13H21F3N2O3. The fourth-order valence-corrected chi connectivity index (χ4v) is 2.25. The van der Waals surface area contributed by atoms with E-state index in [0.717, 1.165) is 9.80 Å². The van der Waals surface area contributed by atoms with E-state index < -0.39 is 42.2 Å². The normalized spacial score (nSPS) is 23.1. The molecule has 1 unspecified atom stereocenters. The minimum atomic E-state index is -4.72. The minimum absolute atomic E-state index is 0.159. The highest BCUT2D eigenvalue weighted by Gasteiger charge is 2.64. The highest BCUT2D eigenvalue weighted by Crippen LogP contribution is 2.46.